The number of carbonyl (C=O) groups excluding carboxylic acids is 2. The summed E-state index contributed by atoms with van der Waals surface area (Å²) in [7, 11) is 1.27. The molecular weight excluding hydrogens is 242 g/mol. The van der Waals surface area contributed by atoms with Crippen molar-refractivity contribution in [3.8, 4) is 0 Å². The molecule has 0 aliphatic carbocycles. The molecule has 0 aliphatic heterocycles. The maximum Gasteiger partial charge on any atom is 0.329 e. The molecule has 0 saturated heterocycles. The van der Waals surface area contributed by atoms with E-state index in [-0.39, 0.29) is 23.7 Å². The fraction of sp³-hybridized carbons (Fsp3) is 0.818. The molecule has 0 fully saturated rings. The molecule has 100 valence electrons. The summed E-state index contributed by atoms with van der Waals surface area (Å²) in [6.45, 7) is 6.05. The Morgan fingerprint density at radius 1 is 1.35 bits per heavy atom. The number of hydrogen-bond acceptors (Lipinski definition) is 5. The molecule has 17 heavy (non-hydrogen) atoms. The average Bonchev–Trinajstić information content (AvgIpc) is 2.23. The quantitative estimate of drug-likeness (QED) is 0.549. The Kier molecular flexibility index (Phi) is 7.22. The third-order valence-corrected chi connectivity index (χ3v) is 2.23. The Morgan fingerprint density at radius 2 is 1.94 bits per heavy atom. The minimum Gasteiger partial charge on any atom is -0.467 e. The number of methoxy groups -OCH3 is 1. The first-order chi connectivity index (χ1) is 7.80. The van der Waals surface area contributed by atoms with Crippen molar-refractivity contribution < 1.29 is 19.1 Å². The van der Waals surface area contributed by atoms with Crippen molar-refractivity contribution >= 4 is 24.5 Å². The smallest absolute Gasteiger partial charge is 0.329 e. The molecule has 1 atom stereocenters. The Hall–Kier alpha value is -0.750. The van der Waals surface area contributed by atoms with Crippen LogP contribution >= 0.6 is 12.6 Å². The molecule has 0 heterocycles. The van der Waals surface area contributed by atoms with Gasteiger partial charge in [0.05, 0.1) is 25.7 Å². The first-order valence-electron chi connectivity index (χ1n) is 5.42. The molecule has 0 aromatic rings. The maximum atomic E-state index is 11.5. The second kappa shape index (κ2) is 7.55. The van der Waals surface area contributed by atoms with Crippen LogP contribution in [0.3, 0.4) is 0 Å². The first kappa shape index (κ1) is 16.2. The van der Waals surface area contributed by atoms with Gasteiger partial charge in [-0.15, -0.1) is 0 Å². The predicted octanol–water partition coefficient (Wildman–Crippen LogP) is 0.779. The number of hydrogen-bond donors (Lipinski definition) is 2. The van der Waals surface area contributed by atoms with Crippen LogP contribution in [0.15, 0.2) is 0 Å². The normalized spacial score (nSPS) is 13.0. The van der Waals surface area contributed by atoms with Crippen LogP contribution in [-0.2, 0) is 19.1 Å². The molecule has 0 aliphatic rings. The van der Waals surface area contributed by atoms with Crippen LogP contribution in [0.5, 0.6) is 0 Å². The van der Waals surface area contributed by atoms with Gasteiger partial charge in [-0.1, -0.05) is 0 Å². The Labute approximate surface area is 108 Å². The molecule has 0 saturated carbocycles. The number of ether oxygens (including phenoxy) is 2. The van der Waals surface area contributed by atoms with Crippen LogP contribution < -0.4 is 5.32 Å². The van der Waals surface area contributed by atoms with E-state index in [9.17, 15) is 9.59 Å². The number of amides is 1. The van der Waals surface area contributed by atoms with Crippen LogP contribution in [-0.4, -0.2) is 43.0 Å². The van der Waals surface area contributed by atoms with E-state index in [1.165, 1.54) is 7.11 Å². The van der Waals surface area contributed by atoms with Crippen LogP contribution in [0, 0.1) is 0 Å². The average molecular weight is 263 g/mol. The molecule has 6 heteroatoms. The number of nitrogens with one attached hydrogen (secondary N) is 1. The lowest BCUT2D eigenvalue weighted by Crippen LogP contribution is -2.43. The highest BCUT2D eigenvalue weighted by Gasteiger charge is 2.20. The van der Waals surface area contributed by atoms with Crippen LogP contribution in [0.2, 0.25) is 0 Å². The zero-order valence-electron chi connectivity index (χ0n) is 10.8. The van der Waals surface area contributed by atoms with E-state index in [1.807, 2.05) is 20.8 Å². The van der Waals surface area contributed by atoms with Gasteiger partial charge in [0.15, 0.2) is 0 Å². The summed E-state index contributed by atoms with van der Waals surface area (Å²) >= 11 is 3.97. The van der Waals surface area contributed by atoms with E-state index in [1.54, 1.807) is 0 Å². The lowest BCUT2D eigenvalue weighted by atomic mass is 10.2. The molecule has 0 aromatic heterocycles. The first-order valence-corrected chi connectivity index (χ1v) is 6.05. The number of carbonyl (C=O) groups is 2. The van der Waals surface area contributed by atoms with Crippen molar-refractivity contribution in [3.05, 3.63) is 0 Å². The maximum absolute atomic E-state index is 11.5. The highest BCUT2D eigenvalue weighted by molar-refractivity contribution is 7.80. The molecule has 1 unspecified atom stereocenters. The molecule has 1 N–H and O–H groups in total. The monoisotopic (exact) mass is 263 g/mol. The molecule has 0 bridgehead atoms. The Morgan fingerprint density at radius 3 is 2.35 bits per heavy atom. The third-order valence-electron chi connectivity index (χ3n) is 1.87. The zero-order chi connectivity index (χ0) is 13.5. The summed E-state index contributed by atoms with van der Waals surface area (Å²) < 4.78 is 9.93. The van der Waals surface area contributed by atoms with E-state index < -0.39 is 12.0 Å². The molecule has 0 spiro atoms. The summed E-state index contributed by atoms with van der Waals surface area (Å²) in [5, 5.41) is 2.53. The SMILES string of the molecule is COC(=O)C(CS)NC(=O)CCOC(C)(C)C. The van der Waals surface area contributed by atoms with Crippen molar-refractivity contribution in [2.45, 2.75) is 38.8 Å². The van der Waals surface area contributed by atoms with Crippen LogP contribution in [0.4, 0.5) is 0 Å². The van der Waals surface area contributed by atoms with Gasteiger partial charge in [-0.3, -0.25) is 4.79 Å². The highest BCUT2D eigenvalue weighted by atomic mass is 32.1. The minimum absolute atomic E-state index is 0.207. The van der Waals surface area contributed by atoms with Gasteiger partial charge in [0.2, 0.25) is 5.91 Å². The van der Waals surface area contributed by atoms with Crippen molar-refractivity contribution in [1.29, 1.82) is 0 Å². The molecule has 0 radical (unpaired) electrons. The van der Waals surface area contributed by atoms with Gasteiger partial charge in [-0.2, -0.15) is 12.6 Å². The van der Waals surface area contributed by atoms with Gasteiger partial charge in [-0.25, -0.2) is 4.79 Å². The molecule has 0 aromatic carbocycles. The number of esters is 1. The second-order valence-electron chi connectivity index (χ2n) is 4.54. The van der Waals surface area contributed by atoms with Gasteiger partial charge < -0.3 is 14.8 Å². The predicted molar refractivity (Wildman–Crippen MR) is 68.1 cm³/mol. The van der Waals surface area contributed by atoms with Crippen molar-refractivity contribution in [2.24, 2.45) is 0 Å². The Balaban J connectivity index is 3.96. The van der Waals surface area contributed by atoms with E-state index in [0.717, 1.165) is 0 Å². The number of thiol groups is 1. The van der Waals surface area contributed by atoms with Crippen LogP contribution in [0.25, 0.3) is 0 Å². The summed E-state index contributed by atoms with van der Waals surface area (Å²) in [6, 6.07) is -0.703. The summed E-state index contributed by atoms with van der Waals surface area (Å²) in [6.07, 6.45) is 0.207. The fourth-order valence-corrected chi connectivity index (χ4v) is 1.28. The fourth-order valence-electron chi connectivity index (χ4n) is 1.04. The molecule has 5 nitrogen and oxygen atoms in total. The second-order valence-corrected chi connectivity index (χ2v) is 4.90. The van der Waals surface area contributed by atoms with Gasteiger partial charge in [0, 0.05) is 5.75 Å². The highest BCUT2D eigenvalue weighted by Crippen LogP contribution is 2.06. The van der Waals surface area contributed by atoms with E-state index in [4.69, 9.17) is 4.74 Å². The molecule has 0 rings (SSSR count). The molecule has 1 amide bonds. The van der Waals surface area contributed by atoms with Gasteiger partial charge in [0.1, 0.15) is 6.04 Å². The largest absolute Gasteiger partial charge is 0.467 e. The van der Waals surface area contributed by atoms with E-state index in [0.29, 0.717) is 6.61 Å². The molecular formula is C11H21NO4S. The summed E-state index contributed by atoms with van der Waals surface area (Å²) in [5.41, 5.74) is -0.272. The minimum atomic E-state index is -0.703. The summed E-state index contributed by atoms with van der Waals surface area (Å²) in [4.78, 5) is 22.7. The van der Waals surface area contributed by atoms with Crippen molar-refractivity contribution in [3.63, 3.8) is 0 Å². The lowest BCUT2D eigenvalue weighted by molar-refractivity contribution is -0.144. The summed E-state index contributed by atoms with van der Waals surface area (Å²) in [5.74, 6) is -0.540. The van der Waals surface area contributed by atoms with E-state index >= 15 is 0 Å². The zero-order valence-corrected chi connectivity index (χ0v) is 11.7. The van der Waals surface area contributed by atoms with Crippen LogP contribution in [0.1, 0.15) is 27.2 Å². The van der Waals surface area contributed by atoms with Crippen molar-refractivity contribution in [1.82, 2.24) is 5.32 Å². The Bertz CT molecular complexity index is 263. The van der Waals surface area contributed by atoms with Crippen molar-refractivity contribution in [2.75, 3.05) is 19.5 Å². The standard InChI is InChI=1S/C11H21NO4S/c1-11(2,3)16-6-5-9(13)12-8(7-17)10(14)15-4/h8,17H,5-7H2,1-4H3,(H,12,13). The lowest BCUT2D eigenvalue weighted by Gasteiger charge is -2.19. The van der Waals surface area contributed by atoms with Gasteiger partial charge in [0.25, 0.3) is 0 Å². The third kappa shape index (κ3) is 8.04. The van der Waals surface area contributed by atoms with Gasteiger partial charge >= 0.3 is 5.97 Å². The number of rotatable bonds is 6. The topological polar surface area (TPSA) is 64.6 Å². The van der Waals surface area contributed by atoms with Gasteiger partial charge in [-0.05, 0) is 20.8 Å². The van der Waals surface area contributed by atoms with E-state index in [2.05, 4.69) is 22.7 Å².